The van der Waals surface area contributed by atoms with Gasteiger partial charge in [-0.3, -0.25) is 0 Å². The van der Waals surface area contributed by atoms with Gasteiger partial charge in [-0.2, -0.15) is 0 Å². The van der Waals surface area contributed by atoms with Gasteiger partial charge in [-0.1, -0.05) is 11.3 Å². The first-order chi connectivity index (χ1) is 12.5. The highest BCUT2D eigenvalue weighted by Gasteiger charge is 2.12. The quantitative estimate of drug-likeness (QED) is 0.568. The van der Waals surface area contributed by atoms with Crippen molar-refractivity contribution >= 4 is 39.1 Å². The van der Waals surface area contributed by atoms with E-state index >= 15 is 0 Å². The number of rotatable bonds is 4. The zero-order chi connectivity index (χ0) is 18.3. The van der Waals surface area contributed by atoms with Gasteiger partial charge in [-0.05, 0) is 26.8 Å². The Labute approximate surface area is 154 Å². The molecule has 26 heavy (non-hydrogen) atoms. The predicted molar refractivity (Wildman–Crippen MR) is 103 cm³/mol. The van der Waals surface area contributed by atoms with Crippen LogP contribution in [0.4, 0.5) is 16.8 Å². The lowest BCUT2D eigenvalue weighted by atomic mass is 10.3. The van der Waals surface area contributed by atoms with Gasteiger partial charge in [0.15, 0.2) is 11.0 Å². The summed E-state index contributed by atoms with van der Waals surface area (Å²) in [5.41, 5.74) is 7.61. The van der Waals surface area contributed by atoms with E-state index in [9.17, 15) is 0 Å². The topological polar surface area (TPSA) is 107 Å². The third kappa shape index (κ3) is 2.97. The summed E-state index contributed by atoms with van der Waals surface area (Å²) in [5.74, 6) is 2.91. The molecule has 4 aromatic heterocycles. The summed E-state index contributed by atoms with van der Waals surface area (Å²) in [5, 5.41) is 3.73. The predicted octanol–water partition coefficient (Wildman–Crippen LogP) is 3.56. The van der Waals surface area contributed by atoms with Gasteiger partial charge in [0.05, 0.1) is 22.8 Å². The summed E-state index contributed by atoms with van der Waals surface area (Å²) < 4.78 is 2.19. The van der Waals surface area contributed by atoms with Crippen LogP contribution in [0.25, 0.3) is 21.7 Å². The second-order valence-electron chi connectivity index (χ2n) is 6.13. The van der Waals surface area contributed by atoms with E-state index < -0.39 is 0 Å². The van der Waals surface area contributed by atoms with E-state index in [0.717, 1.165) is 21.7 Å². The molecule has 4 aromatic rings. The molecule has 0 radical (unpaired) electrons. The van der Waals surface area contributed by atoms with Gasteiger partial charge >= 0.3 is 0 Å². The molecule has 0 aliphatic heterocycles. The van der Waals surface area contributed by atoms with E-state index in [1.807, 2.05) is 13.0 Å². The molecule has 0 aliphatic carbocycles. The monoisotopic (exact) mass is 366 g/mol. The second-order valence-corrected chi connectivity index (χ2v) is 7.20. The summed E-state index contributed by atoms with van der Waals surface area (Å²) in [6.07, 6.45) is 5.14. The minimum absolute atomic E-state index is 0.317. The number of pyridine rings is 1. The molecule has 0 unspecified atom stereocenters. The van der Waals surface area contributed by atoms with Gasteiger partial charge in [0, 0.05) is 18.3 Å². The van der Waals surface area contributed by atoms with Crippen molar-refractivity contribution in [1.82, 2.24) is 29.5 Å². The lowest BCUT2D eigenvalue weighted by Gasteiger charge is -2.11. The molecule has 0 saturated carbocycles. The molecule has 0 atom stereocenters. The fourth-order valence-corrected chi connectivity index (χ4v) is 3.53. The number of hydrogen-bond donors (Lipinski definition) is 2. The van der Waals surface area contributed by atoms with Gasteiger partial charge in [0.25, 0.3) is 0 Å². The standard InChI is InChI=1S/C17H18N8S/c1-9(2)25-10(3)22-11-7-20-15(6-12(11)25)23-14-4-5-19-16(24-14)13-8-21-17(18)26-13/h4-9H,1-3H3,(H2,18,21)(H,19,20,23,24). The maximum Gasteiger partial charge on any atom is 0.180 e. The first-order valence-corrected chi connectivity index (χ1v) is 8.99. The molecule has 8 nitrogen and oxygen atoms in total. The molecule has 3 N–H and O–H groups in total. The van der Waals surface area contributed by atoms with Crippen LogP contribution in [0.5, 0.6) is 0 Å². The first-order valence-electron chi connectivity index (χ1n) is 8.17. The molecule has 0 aromatic carbocycles. The maximum absolute atomic E-state index is 5.69. The highest BCUT2D eigenvalue weighted by molar-refractivity contribution is 7.18. The van der Waals surface area contributed by atoms with E-state index in [-0.39, 0.29) is 0 Å². The van der Waals surface area contributed by atoms with Crippen molar-refractivity contribution in [2.75, 3.05) is 11.1 Å². The van der Waals surface area contributed by atoms with Crippen molar-refractivity contribution in [1.29, 1.82) is 0 Å². The van der Waals surface area contributed by atoms with Crippen molar-refractivity contribution in [3.05, 3.63) is 36.5 Å². The molecule has 9 heteroatoms. The van der Waals surface area contributed by atoms with E-state index in [1.165, 1.54) is 11.3 Å². The van der Waals surface area contributed by atoms with Crippen molar-refractivity contribution in [2.45, 2.75) is 26.8 Å². The third-order valence-corrected chi connectivity index (χ3v) is 4.75. The van der Waals surface area contributed by atoms with Gasteiger partial charge in [0.1, 0.15) is 23.0 Å². The molecule has 0 saturated heterocycles. The van der Waals surface area contributed by atoms with Crippen LogP contribution >= 0.6 is 11.3 Å². The highest BCUT2D eigenvalue weighted by atomic mass is 32.1. The molecule has 0 spiro atoms. The normalized spacial score (nSPS) is 11.4. The Bertz CT molecular complexity index is 1080. The number of aryl methyl sites for hydroxylation is 1. The van der Waals surface area contributed by atoms with Gasteiger partial charge in [-0.25, -0.2) is 24.9 Å². The van der Waals surface area contributed by atoms with Crippen molar-refractivity contribution in [3.8, 4) is 10.7 Å². The molecule has 4 heterocycles. The number of thiazole rings is 1. The molecule has 0 aliphatic rings. The number of nitrogens with one attached hydrogen (secondary N) is 1. The Morgan fingerprint density at radius 2 is 1.96 bits per heavy atom. The minimum atomic E-state index is 0.317. The Morgan fingerprint density at radius 1 is 1.12 bits per heavy atom. The molecular formula is C17H18N8S. The van der Waals surface area contributed by atoms with Crippen LogP contribution in [-0.4, -0.2) is 29.5 Å². The van der Waals surface area contributed by atoms with E-state index in [4.69, 9.17) is 5.73 Å². The number of nitrogen functional groups attached to an aromatic ring is 1. The first kappa shape index (κ1) is 16.4. The van der Waals surface area contributed by atoms with Crippen LogP contribution in [0.15, 0.2) is 30.7 Å². The Morgan fingerprint density at radius 3 is 2.69 bits per heavy atom. The van der Waals surface area contributed by atoms with Crippen LogP contribution in [0, 0.1) is 6.92 Å². The summed E-state index contributed by atoms with van der Waals surface area (Å²) >= 11 is 1.35. The molecule has 0 bridgehead atoms. The molecule has 0 fully saturated rings. The number of nitrogens with two attached hydrogens (primary N) is 1. The number of aromatic nitrogens is 6. The van der Waals surface area contributed by atoms with Crippen LogP contribution in [0.1, 0.15) is 25.7 Å². The SMILES string of the molecule is Cc1nc2cnc(Nc3ccnc(-c4cnc(N)s4)n3)cc2n1C(C)C. The lowest BCUT2D eigenvalue weighted by molar-refractivity contribution is 0.600. The Hall–Kier alpha value is -3.07. The maximum atomic E-state index is 5.69. The number of fused-ring (bicyclic) bond motifs is 1. The van der Waals surface area contributed by atoms with Crippen LogP contribution in [0.2, 0.25) is 0 Å². The zero-order valence-corrected chi connectivity index (χ0v) is 15.4. The van der Waals surface area contributed by atoms with E-state index in [1.54, 1.807) is 24.7 Å². The minimum Gasteiger partial charge on any atom is -0.375 e. The summed E-state index contributed by atoms with van der Waals surface area (Å²) in [6.45, 7) is 6.28. The summed E-state index contributed by atoms with van der Waals surface area (Å²) in [4.78, 5) is 22.7. The summed E-state index contributed by atoms with van der Waals surface area (Å²) in [7, 11) is 0. The molecule has 132 valence electrons. The van der Waals surface area contributed by atoms with Crippen molar-refractivity contribution < 1.29 is 0 Å². The third-order valence-electron chi connectivity index (χ3n) is 3.92. The number of imidazole rings is 1. The molecular weight excluding hydrogens is 348 g/mol. The van der Waals surface area contributed by atoms with E-state index in [0.29, 0.717) is 28.6 Å². The van der Waals surface area contributed by atoms with Crippen molar-refractivity contribution in [3.63, 3.8) is 0 Å². The molecule has 0 amide bonds. The van der Waals surface area contributed by atoms with Gasteiger partial charge < -0.3 is 15.6 Å². The largest absolute Gasteiger partial charge is 0.375 e. The second kappa shape index (κ2) is 6.34. The Kier molecular flexibility index (Phi) is 4.00. The summed E-state index contributed by atoms with van der Waals surface area (Å²) in [6, 6.07) is 4.10. The number of hydrogen-bond acceptors (Lipinski definition) is 8. The average molecular weight is 366 g/mol. The number of anilines is 3. The number of nitrogens with zero attached hydrogens (tertiary/aromatic N) is 6. The van der Waals surface area contributed by atoms with Crippen LogP contribution in [0.3, 0.4) is 0 Å². The average Bonchev–Trinajstić information content (AvgIpc) is 3.17. The van der Waals surface area contributed by atoms with E-state index in [2.05, 4.69) is 48.7 Å². The fraction of sp³-hybridized carbons (Fsp3) is 0.235. The Balaban J connectivity index is 1.68. The highest BCUT2D eigenvalue weighted by Crippen LogP contribution is 2.26. The molecule has 4 rings (SSSR count). The van der Waals surface area contributed by atoms with Gasteiger partial charge in [0.2, 0.25) is 0 Å². The van der Waals surface area contributed by atoms with Gasteiger partial charge in [-0.15, -0.1) is 0 Å². The van der Waals surface area contributed by atoms with Crippen LogP contribution in [-0.2, 0) is 0 Å². The van der Waals surface area contributed by atoms with Crippen molar-refractivity contribution in [2.24, 2.45) is 0 Å². The smallest absolute Gasteiger partial charge is 0.180 e. The van der Waals surface area contributed by atoms with Crippen LogP contribution < -0.4 is 11.1 Å². The zero-order valence-electron chi connectivity index (χ0n) is 14.6. The lowest BCUT2D eigenvalue weighted by Crippen LogP contribution is -2.03. The fourth-order valence-electron chi connectivity index (χ4n) is 2.91.